The highest BCUT2D eigenvalue weighted by atomic mass is 35.5. The molecule has 1 aliphatic rings. The second-order valence-electron chi connectivity index (χ2n) is 7.63. The monoisotopic (exact) mass is 368 g/mol. The Morgan fingerprint density at radius 1 is 1.24 bits per heavy atom. The number of halogens is 1. The Bertz CT molecular complexity index is 608. The Kier molecular flexibility index (Phi) is 6.18. The van der Waals surface area contributed by atoms with Gasteiger partial charge in [0.25, 0.3) is 0 Å². The summed E-state index contributed by atoms with van der Waals surface area (Å²) in [5.41, 5.74) is 1.32. The van der Waals surface area contributed by atoms with Crippen molar-refractivity contribution in [2.45, 2.75) is 77.8 Å². The summed E-state index contributed by atoms with van der Waals surface area (Å²) in [4.78, 5) is 11.4. The molecule has 0 radical (unpaired) electrons. The van der Waals surface area contributed by atoms with E-state index in [-0.39, 0.29) is 18.5 Å². The predicted molar refractivity (Wildman–Crippen MR) is 98.9 cm³/mol. The Hall–Kier alpha value is -1.10. The molecule has 1 heterocycles. The van der Waals surface area contributed by atoms with Crippen LogP contribution in [0.4, 0.5) is 0 Å². The summed E-state index contributed by atoms with van der Waals surface area (Å²) in [5, 5.41) is 0.701. The first-order chi connectivity index (χ1) is 11.6. The maximum Gasteiger partial charge on any atom is 0.302 e. The van der Waals surface area contributed by atoms with Crippen molar-refractivity contribution in [2.75, 3.05) is 6.61 Å². The van der Waals surface area contributed by atoms with Gasteiger partial charge in [0, 0.05) is 11.9 Å². The van der Waals surface area contributed by atoms with E-state index in [0.717, 1.165) is 24.0 Å². The molecule has 0 saturated carbocycles. The highest BCUT2D eigenvalue weighted by Crippen LogP contribution is 2.43. The van der Waals surface area contributed by atoms with Gasteiger partial charge >= 0.3 is 5.97 Å². The molecule has 0 amide bonds. The van der Waals surface area contributed by atoms with Crippen molar-refractivity contribution in [3.63, 3.8) is 0 Å². The van der Waals surface area contributed by atoms with Crippen molar-refractivity contribution in [3.05, 3.63) is 34.3 Å². The van der Waals surface area contributed by atoms with Crippen LogP contribution in [-0.2, 0) is 25.4 Å². The summed E-state index contributed by atoms with van der Waals surface area (Å²) in [6.45, 7) is 11.8. The number of hydrogen-bond acceptors (Lipinski definition) is 4. The van der Waals surface area contributed by atoms with Gasteiger partial charge in [-0.25, -0.2) is 0 Å². The lowest BCUT2D eigenvalue weighted by atomic mass is 9.90. The molecule has 0 spiro atoms. The number of benzene rings is 1. The molecule has 1 atom stereocenters. The predicted octanol–water partition coefficient (Wildman–Crippen LogP) is 4.87. The average Bonchev–Trinajstić information content (AvgIpc) is 2.69. The molecule has 25 heavy (non-hydrogen) atoms. The number of carbonyl (C=O) groups is 1. The minimum atomic E-state index is -0.485. The van der Waals surface area contributed by atoms with Crippen molar-refractivity contribution in [1.82, 2.24) is 0 Å². The first kappa shape index (κ1) is 20.2. The molecule has 1 unspecified atom stereocenters. The topological polar surface area (TPSA) is 44.8 Å². The lowest BCUT2D eigenvalue weighted by molar-refractivity contribution is -0.148. The molecule has 1 aromatic rings. The molecule has 0 aromatic heterocycles. The minimum Gasteiger partial charge on any atom is -0.465 e. The number of carbonyl (C=O) groups excluding carboxylic acids is 1. The van der Waals surface area contributed by atoms with Crippen LogP contribution >= 0.6 is 11.6 Å². The van der Waals surface area contributed by atoms with Gasteiger partial charge < -0.3 is 14.2 Å². The van der Waals surface area contributed by atoms with Crippen LogP contribution in [-0.4, -0.2) is 30.1 Å². The summed E-state index contributed by atoms with van der Waals surface area (Å²) in [6, 6.07) is 5.83. The number of rotatable bonds is 6. The maximum atomic E-state index is 11.4. The van der Waals surface area contributed by atoms with E-state index in [4.69, 9.17) is 25.8 Å². The summed E-state index contributed by atoms with van der Waals surface area (Å²) >= 11 is 6.19. The van der Waals surface area contributed by atoms with Crippen LogP contribution in [0.5, 0.6) is 0 Å². The van der Waals surface area contributed by atoms with E-state index in [1.807, 2.05) is 45.9 Å². The quantitative estimate of drug-likeness (QED) is 0.672. The second kappa shape index (κ2) is 7.65. The normalized spacial score (nSPS) is 20.4. The van der Waals surface area contributed by atoms with E-state index >= 15 is 0 Å². The molecule has 1 aromatic carbocycles. The van der Waals surface area contributed by atoms with Crippen molar-refractivity contribution in [2.24, 2.45) is 0 Å². The SMILES string of the molecule is CCCc1cc(Cl)ccc1C(COC(C)=O)C1OC(C)(C)C(C)(C)O1. The lowest BCUT2D eigenvalue weighted by Gasteiger charge is -2.30. The molecule has 2 rings (SSSR count). The Morgan fingerprint density at radius 2 is 1.84 bits per heavy atom. The average molecular weight is 369 g/mol. The molecule has 0 aliphatic carbocycles. The van der Waals surface area contributed by atoms with E-state index in [2.05, 4.69) is 6.92 Å². The zero-order chi connectivity index (χ0) is 18.8. The summed E-state index contributed by atoms with van der Waals surface area (Å²) in [6.07, 6.45) is 1.41. The third kappa shape index (κ3) is 4.55. The Balaban J connectivity index is 2.39. The molecular weight excluding hydrogens is 340 g/mol. The van der Waals surface area contributed by atoms with Gasteiger partial charge in [0.1, 0.15) is 6.61 Å². The van der Waals surface area contributed by atoms with Gasteiger partial charge in [-0.15, -0.1) is 0 Å². The third-order valence-corrected chi connectivity index (χ3v) is 5.33. The van der Waals surface area contributed by atoms with E-state index in [0.29, 0.717) is 5.02 Å². The van der Waals surface area contributed by atoms with Crippen molar-refractivity contribution < 1.29 is 19.0 Å². The summed E-state index contributed by atoms with van der Waals surface area (Å²) < 4.78 is 17.8. The maximum absolute atomic E-state index is 11.4. The van der Waals surface area contributed by atoms with Gasteiger partial charge in [0.2, 0.25) is 0 Å². The first-order valence-electron chi connectivity index (χ1n) is 8.84. The zero-order valence-electron chi connectivity index (χ0n) is 16.0. The molecule has 4 nitrogen and oxygen atoms in total. The largest absolute Gasteiger partial charge is 0.465 e. The van der Waals surface area contributed by atoms with Gasteiger partial charge in [-0.3, -0.25) is 4.79 Å². The zero-order valence-corrected chi connectivity index (χ0v) is 16.8. The molecule has 1 saturated heterocycles. The molecule has 0 N–H and O–H groups in total. The second-order valence-corrected chi connectivity index (χ2v) is 8.06. The molecule has 1 fully saturated rings. The molecule has 0 bridgehead atoms. The molecule has 5 heteroatoms. The van der Waals surface area contributed by atoms with Gasteiger partial charge in [-0.1, -0.05) is 31.0 Å². The smallest absolute Gasteiger partial charge is 0.302 e. The standard InChI is InChI=1S/C20H29ClO4/c1-7-8-14-11-15(21)9-10-16(14)17(12-23-13(2)22)18-24-19(3,4)20(5,6)25-18/h9-11,17-18H,7-8,12H2,1-6H3. The number of esters is 1. The van der Waals surface area contributed by atoms with E-state index < -0.39 is 17.5 Å². The van der Waals surface area contributed by atoms with E-state index in [9.17, 15) is 4.79 Å². The Morgan fingerprint density at radius 3 is 2.36 bits per heavy atom. The summed E-state index contributed by atoms with van der Waals surface area (Å²) in [5.74, 6) is -0.517. The van der Waals surface area contributed by atoms with Crippen LogP contribution in [0.3, 0.4) is 0 Å². The van der Waals surface area contributed by atoms with Crippen LogP contribution in [0.2, 0.25) is 5.02 Å². The fourth-order valence-electron chi connectivity index (χ4n) is 3.00. The van der Waals surface area contributed by atoms with Crippen LogP contribution in [0, 0.1) is 0 Å². The van der Waals surface area contributed by atoms with Gasteiger partial charge in [0.15, 0.2) is 6.29 Å². The van der Waals surface area contributed by atoms with Crippen molar-refractivity contribution in [1.29, 1.82) is 0 Å². The minimum absolute atomic E-state index is 0.205. The van der Waals surface area contributed by atoms with Crippen LogP contribution < -0.4 is 0 Å². The van der Waals surface area contributed by atoms with Gasteiger partial charge in [0.05, 0.1) is 17.1 Å². The molecule has 1 aliphatic heterocycles. The first-order valence-corrected chi connectivity index (χ1v) is 9.22. The van der Waals surface area contributed by atoms with E-state index in [1.54, 1.807) is 0 Å². The fraction of sp³-hybridized carbons (Fsp3) is 0.650. The molecule has 140 valence electrons. The van der Waals surface area contributed by atoms with Crippen molar-refractivity contribution in [3.8, 4) is 0 Å². The third-order valence-electron chi connectivity index (χ3n) is 5.09. The number of aryl methyl sites for hydroxylation is 1. The van der Waals surface area contributed by atoms with Crippen LogP contribution in [0.15, 0.2) is 18.2 Å². The fourth-order valence-corrected chi connectivity index (χ4v) is 3.19. The Labute approximate surface area is 155 Å². The lowest BCUT2D eigenvalue weighted by Crippen LogP contribution is -2.41. The number of hydrogen-bond donors (Lipinski definition) is 0. The van der Waals surface area contributed by atoms with Crippen molar-refractivity contribution >= 4 is 17.6 Å². The van der Waals surface area contributed by atoms with Gasteiger partial charge in [-0.05, 0) is 57.4 Å². The summed E-state index contributed by atoms with van der Waals surface area (Å²) in [7, 11) is 0. The highest BCUT2D eigenvalue weighted by Gasteiger charge is 2.51. The molecular formula is C20H29ClO4. The van der Waals surface area contributed by atoms with E-state index in [1.165, 1.54) is 6.92 Å². The van der Waals surface area contributed by atoms with Crippen LogP contribution in [0.25, 0.3) is 0 Å². The van der Waals surface area contributed by atoms with Gasteiger partial charge in [-0.2, -0.15) is 0 Å². The van der Waals surface area contributed by atoms with Crippen LogP contribution in [0.1, 0.15) is 65.0 Å². The number of ether oxygens (including phenoxy) is 3. The highest BCUT2D eigenvalue weighted by molar-refractivity contribution is 6.30.